The number of benzene rings is 6. The van der Waals surface area contributed by atoms with Crippen molar-refractivity contribution in [3.63, 3.8) is 0 Å². The normalized spacial score (nSPS) is 14.3. The fraction of sp³-hybridized carbons (Fsp3) is 0.348. The highest BCUT2D eigenvalue weighted by Gasteiger charge is 2.36. The van der Waals surface area contributed by atoms with Crippen LogP contribution in [0.25, 0.3) is 32.7 Å². The molecule has 3 aliphatic heterocycles. The highest BCUT2D eigenvalue weighted by atomic mass is 19.4. The van der Waals surface area contributed by atoms with E-state index in [9.17, 15) is 32.3 Å². The number of anilines is 6. The Morgan fingerprint density at radius 3 is 1.16 bits per heavy atom. The Kier molecular flexibility index (Phi) is 27.9. The van der Waals surface area contributed by atoms with Gasteiger partial charge in [0, 0.05) is 205 Å². The van der Waals surface area contributed by atoms with Crippen LogP contribution in [0.2, 0.25) is 0 Å². The van der Waals surface area contributed by atoms with Gasteiger partial charge in [0.25, 0.3) is 23.6 Å². The van der Waals surface area contributed by atoms with Crippen LogP contribution in [-0.4, -0.2) is 253 Å². The molecule has 28 nitrogen and oxygen atoms in total. The number of rotatable bonds is 24. The molecule has 6 N–H and O–H groups in total. The summed E-state index contributed by atoms with van der Waals surface area (Å²) in [6.07, 6.45) is -0.943. The summed E-state index contributed by atoms with van der Waals surface area (Å²) in [5.74, 6) is -3.19. The van der Waals surface area contributed by atoms with Crippen LogP contribution in [0.4, 0.5) is 60.9 Å². The van der Waals surface area contributed by atoms with Crippen molar-refractivity contribution in [1.29, 1.82) is 0 Å². The number of hydrogen-bond donors (Lipinski definition) is 6. The molecule has 0 aliphatic carbocycles. The number of aromatic nitrogens is 9. The van der Waals surface area contributed by atoms with Crippen molar-refractivity contribution in [3.05, 3.63) is 214 Å². The van der Waals surface area contributed by atoms with Crippen molar-refractivity contribution in [2.24, 2.45) is 0 Å². The minimum atomic E-state index is -4.60. The van der Waals surface area contributed by atoms with Crippen molar-refractivity contribution in [2.45, 2.75) is 67.7 Å². The molecule has 6 aromatic heterocycles. The quantitative estimate of drug-likeness (QED) is 0.0307. The summed E-state index contributed by atoms with van der Waals surface area (Å²) < 4.78 is 106. The zero-order chi connectivity index (χ0) is 87.5. The molecular formula is C89H101F6N21O7. The number of fused-ring (bicyclic) bond motifs is 3. The number of carbonyl (C=O) groups is 4. The largest absolute Gasteiger partial charge is 0.435 e. The van der Waals surface area contributed by atoms with Gasteiger partial charge in [-0.15, -0.1) is 0 Å². The van der Waals surface area contributed by atoms with Gasteiger partial charge in [0.05, 0.1) is 5.56 Å². The van der Waals surface area contributed by atoms with E-state index in [1.807, 2.05) is 63.7 Å². The van der Waals surface area contributed by atoms with E-state index in [1.165, 1.54) is 63.2 Å². The first-order valence-electron chi connectivity index (χ1n) is 40.8. The summed E-state index contributed by atoms with van der Waals surface area (Å²) in [5, 5.41) is 10.4. The summed E-state index contributed by atoms with van der Waals surface area (Å²) in [7, 11) is 8.91. The van der Waals surface area contributed by atoms with E-state index in [0.29, 0.717) is 89.8 Å². The molecule has 12 aromatic rings. The van der Waals surface area contributed by atoms with E-state index in [0.717, 1.165) is 101 Å². The number of nitrogens with one attached hydrogen (secondary N) is 6. The number of ether oxygens (including phenoxy) is 3. The van der Waals surface area contributed by atoms with E-state index in [1.54, 1.807) is 95.7 Å². The van der Waals surface area contributed by atoms with E-state index in [-0.39, 0.29) is 105 Å². The summed E-state index contributed by atoms with van der Waals surface area (Å²) in [6.45, 7) is 26.8. The molecule has 0 bridgehead atoms. The number of hydrogen-bond acceptors (Lipinski definition) is 21. The molecule has 6 aromatic carbocycles. The summed E-state index contributed by atoms with van der Waals surface area (Å²) in [5.41, 5.74) is 6.98. The minimum absolute atomic E-state index is 0.0175. The number of piperazine rings is 3. The predicted molar refractivity (Wildman–Crippen MR) is 461 cm³/mol. The third-order valence-electron chi connectivity index (χ3n) is 22.1. The standard InChI is InChI=1S/C30H33F4N7O2.C30H36FN7O2.C29H32FN7O3/c1-5-40(4)29(42)25-27(35-17-36-28(25)43-24-9-8-23-21(26(24)31)14-18(2)37-23)38-20-7-6-19(22(15-20)30(32,33)34)16-41-12-10-39(3)11-13-41;1-5-36(4)30(39)26-28(35-22-9-7-21(8-10-22)18-38-15-13-37(6-2)14-16-38)32-19-33-29(26)40-25-12-11-24-23(27(25)31)17-20(3)34-24;1-5-36(4)29(39)24-26(34-20-8-6-19(7-9-20)28(38)37-14-12-35(3)13-15-37)31-17-32-27(24)40-23-11-10-22-21(25(23)30)16-18(2)33-22/h6-9,14-15,17,37H,5,10-13,16H2,1-4H3,(H,35,36,38);7-12,17,19,34H,5-6,13-16,18H2,1-4H3,(H,32,33,35);6-11,16-17,33H,5,12-15H2,1-4H3,(H,31,32,34). The highest BCUT2D eigenvalue weighted by molar-refractivity contribution is 6.04. The SMILES string of the molecule is CCN(C)C(=O)c1c(Nc2ccc(C(=O)N3CCN(C)CC3)cc2)ncnc1Oc1ccc2[nH]c(C)cc2c1F.CCN(C)C(=O)c1c(Nc2ccc(CN3CCN(C)CC3)c(C(F)(F)F)c2)ncnc1Oc1ccc2[nH]c(C)cc2c1F.CCN1CCN(Cc2ccc(Nc3ncnc(Oc4ccc5[nH]c(C)cc5c4F)c3C(=O)N(C)CC)cc2)CC1. The lowest BCUT2D eigenvalue weighted by Gasteiger charge is -2.34. The maximum Gasteiger partial charge on any atom is 0.416 e. The molecule has 123 heavy (non-hydrogen) atoms. The van der Waals surface area contributed by atoms with E-state index < -0.39 is 35.1 Å². The monoisotopic (exact) mass is 1690 g/mol. The average molecular weight is 1690 g/mol. The van der Waals surface area contributed by atoms with Gasteiger partial charge in [0.15, 0.2) is 52.2 Å². The van der Waals surface area contributed by atoms with Gasteiger partial charge in [-0.2, -0.15) is 13.2 Å². The Balaban J connectivity index is 0.000000159. The van der Waals surface area contributed by atoms with Gasteiger partial charge < -0.3 is 79.4 Å². The van der Waals surface area contributed by atoms with Gasteiger partial charge >= 0.3 is 6.18 Å². The number of carbonyl (C=O) groups excluding carboxylic acids is 4. The second-order valence-corrected chi connectivity index (χ2v) is 30.7. The van der Waals surface area contributed by atoms with Crippen molar-refractivity contribution < 1.29 is 59.7 Å². The highest BCUT2D eigenvalue weighted by Crippen LogP contribution is 2.41. The molecule has 0 atom stereocenters. The Bertz CT molecular complexity index is 5770. The maximum absolute atomic E-state index is 15.3. The van der Waals surface area contributed by atoms with Crippen LogP contribution in [0, 0.1) is 38.2 Å². The topological polar surface area (TPSA) is 286 Å². The Hall–Kier alpha value is -12.8. The van der Waals surface area contributed by atoms with Crippen LogP contribution in [0.15, 0.2) is 140 Å². The zero-order valence-electron chi connectivity index (χ0n) is 70.8. The number of amides is 4. The number of aromatic amines is 3. The molecule has 646 valence electrons. The Labute approximate surface area is 708 Å². The van der Waals surface area contributed by atoms with E-state index in [4.69, 9.17) is 14.2 Å². The van der Waals surface area contributed by atoms with Crippen molar-refractivity contribution in [1.82, 2.24) is 89.0 Å². The molecule has 0 saturated carbocycles. The Morgan fingerprint density at radius 1 is 0.431 bits per heavy atom. The van der Waals surface area contributed by atoms with Crippen LogP contribution in [-0.2, 0) is 19.3 Å². The second-order valence-electron chi connectivity index (χ2n) is 30.7. The Morgan fingerprint density at radius 2 is 0.780 bits per heavy atom. The number of aryl methyl sites for hydroxylation is 3. The maximum atomic E-state index is 15.3. The lowest BCUT2D eigenvalue weighted by Crippen LogP contribution is -2.47. The molecular weight excluding hydrogens is 1590 g/mol. The van der Waals surface area contributed by atoms with Gasteiger partial charge in [0.2, 0.25) is 17.6 Å². The summed E-state index contributed by atoms with van der Waals surface area (Å²) in [6, 6.07) is 33.6. The number of nitrogens with zero attached hydrogens (tertiary/aromatic N) is 15. The summed E-state index contributed by atoms with van der Waals surface area (Å²) >= 11 is 0. The number of H-pyrrole nitrogens is 3. The molecule has 3 aliphatic rings. The van der Waals surface area contributed by atoms with Crippen molar-refractivity contribution in [2.75, 3.05) is 156 Å². The first kappa shape index (κ1) is 88.0. The molecule has 9 heterocycles. The van der Waals surface area contributed by atoms with Gasteiger partial charge in [-0.05, 0) is 176 Å². The number of halogens is 6. The first-order valence-corrected chi connectivity index (χ1v) is 40.8. The predicted octanol–water partition coefficient (Wildman–Crippen LogP) is 15.4. The molecule has 0 unspecified atom stereocenters. The fourth-order valence-electron chi connectivity index (χ4n) is 14.4. The van der Waals surface area contributed by atoms with Crippen LogP contribution >= 0.6 is 0 Å². The van der Waals surface area contributed by atoms with Crippen LogP contribution in [0.3, 0.4) is 0 Å². The third-order valence-corrected chi connectivity index (χ3v) is 22.1. The fourth-order valence-corrected chi connectivity index (χ4v) is 14.4. The lowest BCUT2D eigenvalue weighted by atomic mass is 10.0. The molecule has 0 radical (unpaired) electrons. The lowest BCUT2D eigenvalue weighted by molar-refractivity contribution is -0.138. The smallest absolute Gasteiger partial charge is 0.416 e. The van der Waals surface area contributed by atoms with E-state index in [2.05, 4.69) is 99.5 Å². The van der Waals surface area contributed by atoms with Crippen LogP contribution in [0.5, 0.6) is 34.9 Å². The zero-order valence-corrected chi connectivity index (χ0v) is 70.8. The third kappa shape index (κ3) is 20.9. The van der Waals surface area contributed by atoms with Crippen molar-refractivity contribution in [3.8, 4) is 34.9 Å². The molecule has 0 spiro atoms. The molecule has 4 amide bonds. The van der Waals surface area contributed by atoms with Crippen molar-refractivity contribution >= 4 is 90.9 Å². The average Bonchev–Trinajstić information content (AvgIpc) is 1.78. The first-order chi connectivity index (χ1) is 59.0. The van der Waals surface area contributed by atoms with E-state index >= 15 is 13.2 Å². The molecule has 15 rings (SSSR count). The second kappa shape index (κ2) is 39.0. The molecule has 3 fully saturated rings. The number of likely N-dealkylation sites (N-methyl/N-ethyl adjacent to an activating group) is 3. The van der Waals surface area contributed by atoms with Crippen LogP contribution in [0.1, 0.15) is 103 Å². The van der Waals surface area contributed by atoms with Gasteiger partial charge in [0.1, 0.15) is 35.7 Å². The van der Waals surface area contributed by atoms with Gasteiger partial charge in [-0.1, -0.05) is 25.1 Å². The minimum Gasteiger partial charge on any atom is -0.435 e. The summed E-state index contributed by atoms with van der Waals surface area (Å²) in [4.78, 5) is 105. The van der Waals surface area contributed by atoms with Crippen LogP contribution < -0.4 is 30.2 Å². The van der Waals surface area contributed by atoms with Gasteiger partial charge in [-0.25, -0.2) is 43.1 Å². The molecule has 34 heteroatoms. The number of alkyl halides is 3. The van der Waals surface area contributed by atoms with Gasteiger partial charge in [-0.3, -0.25) is 29.0 Å². The molecule has 3 saturated heterocycles.